The molecule has 2 fully saturated rings. The number of esters is 1. The van der Waals surface area contributed by atoms with Crippen molar-refractivity contribution < 1.29 is 29.3 Å². The van der Waals surface area contributed by atoms with Crippen molar-refractivity contribution in [2.75, 3.05) is 13.2 Å². The van der Waals surface area contributed by atoms with Gasteiger partial charge in [-0.25, -0.2) is 4.79 Å². The van der Waals surface area contributed by atoms with Crippen LogP contribution >= 0.6 is 0 Å². The van der Waals surface area contributed by atoms with Gasteiger partial charge in [0, 0.05) is 31.6 Å². The third-order valence-electron chi connectivity index (χ3n) is 5.69. The minimum absolute atomic E-state index is 0.0137. The summed E-state index contributed by atoms with van der Waals surface area (Å²) >= 11 is 0. The maximum absolute atomic E-state index is 11.5. The van der Waals surface area contributed by atoms with Gasteiger partial charge in [-0.05, 0) is 31.1 Å². The van der Waals surface area contributed by atoms with Crippen LogP contribution in [0.3, 0.4) is 0 Å². The molecule has 6 atom stereocenters. The van der Waals surface area contributed by atoms with E-state index < -0.39 is 18.2 Å². The summed E-state index contributed by atoms with van der Waals surface area (Å²) in [5.74, 6) is 11.5. The van der Waals surface area contributed by atoms with E-state index >= 15 is 0 Å². The van der Waals surface area contributed by atoms with Gasteiger partial charge in [0.1, 0.15) is 6.61 Å². The number of hydrogen-bond acceptors (Lipinski definition) is 5. The van der Waals surface area contributed by atoms with Gasteiger partial charge in [-0.2, -0.15) is 0 Å². The second kappa shape index (κ2) is 11.8. The topological polar surface area (TPSA) is 93.1 Å². The van der Waals surface area contributed by atoms with Crippen LogP contribution in [0, 0.1) is 47.4 Å². The molecule has 2 aliphatic carbocycles. The van der Waals surface area contributed by atoms with Crippen molar-refractivity contribution in [3.8, 4) is 23.7 Å². The fourth-order valence-corrected chi connectivity index (χ4v) is 4.26. The molecular weight excluding hydrogens is 384 g/mol. The third-order valence-corrected chi connectivity index (χ3v) is 5.69. The van der Waals surface area contributed by atoms with Gasteiger partial charge in [-0.15, -0.1) is 11.8 Å². The molecule has 1 unspecified atom stereocenters. The van der Waals surface area contributed by atoms with Gasteiger partial charge in [-0.3, -0.25) is 4.79 Å². The largest absolute Gasteiger partial charge is 0.480 e. The van der Waals surface area contributed by atoms with Gasteiger partial charge >= 0.3 is 11.9 Å². The van der Waals surface area contributed by atoms with Crippen molar-refractivity contribution in [1.82, 2.24) is 0 Å². The number of carboxylic acids is 1. The van der Waals surface area contributed by atoms with E-state index in [0.29, 0.717) is 18.8 Å². The Labute approximate surface area is 179 Å². The number of ether oxygens (including phenoxy) is 2. The molecular formula is C24H32O6. The van der Waals surface area contributed by atoms with Crippen LogP contribution in [-0.4, -0.2) is 47.6 Å². The Morgan fingerprint density at radius 3 is 2.73 bits per heavy atom. The quantitative estimate of drug-likeness (QED) is 0.287. The number of aliphatic hydroxyl groups is 1. The molecule has 164 valence electrons. The molecule has 6 nitrogen and oxygen atoms in total. The van der Waals surface area contributed by atoms with Crippen LogP contribution in [-0.2, 0) is 19.1 Å². The summed E-state index contributed by atoms with van der Waals surface area (Å²) in [5.41, 5.74) is 1.23. The molecule has 2 N–H and O–H groups in total. The van der Waals surface area contributed by atoms with E-state index in [1.54, 1.807) is 0 Å². The van der Waals surface area contributed by atoms with E-state index in [1.165, 1.54) is 12.5 Å². The molecule has 0 spiro atoms. The smallest absolute Gasteiger partial charge is 0.329 e. The lowest BCUT2D eigenvalue weighted by Gasteiger charge is -2.19. The van der Waals surface area contributed by atoms with Crippen LogP contribution in [0.2, 0.25) is 0 Å². The summed E-state index contributed by atoms with van der Waals surface area (Å²) in [5, 5.41) is 19.2. The summed E-state index contributed by atoms with van der Waals surface area (Å²) < 4.78 is 10.5. The van der Waals surface area contributed by atoms with Crippen molar-refractivity contribution >= 4 is 11.9 Å². The number of rotatable bonds is 7. The number of allylic oxidation sites excluding steroid dienone is 1. The molecule has 2 rings (SSSR count). The lowest BCUT2D eigenvalue weighted by Crippen LogP contribution is -2.24. The highest BCUT2D eigenvalue weighted by molar-refractivity contribution is 5.68. The highest BCUT2D eigenvalue weighted by Crippen LogP contribution is 2.49. The lowest BCUT2D eigenvalue weighted by molar-refractivity contribution is -0.145. The predicted octanol–water partition coefficient (Wildman–Crippen LogP) is 2.80. The number of carboxylic acid groups (broad SMARTS) is 1. The average molecular weight is 417 g/mol. The van der Waals surface area contributed by atoms with Crippen LogP contribution in [0.1, 0.15) is 52.9 Å². The lowest BCUT2D eigenvalue weighted by atomic mass is 9.90. The zero-order valence-corrected chi connectivity index (χ0v) is 18.0. The molecule has 0 aromatic heterocycles. The molecule has 0 aliphatic heterocycles. The molecule has 2 saturated carbocycles. The first kappa shape index (κ1) is 24.0. The summed E-state index contributed by atoms with van der Waals surface area (Å²) in [6, 6.07) is 0. The van der Waals surface area contributed by atoms with E-state index in [4.69, 9.17) is 14.6 Å². The number of hydrogen-bond donors (Lipinski definition) is 2. The molecule has 0 bridgehead atoms. The molecule has 0 radical (unpaired) electrons. The highest BCUT2D eigenvalue weighted by Gasteiger charge is 2.45. The molecule has 6 heteroatoms. The fourth-order valence-electron chi connectivity index (χ4n) is 4.26. The highest BCUT2D eigenvalue weighted by atomic mass is 16.5. The van der Waals surface area contributed by atoms with Gasteiger partial charge in [0.05, 0.1) is 12.7 Å². The van der Waals surface area contributed by atoms with E-state index in [1.807, 2.05) is 19.9 Å². The van der Waals surface area contributed by atoms with Gasteiger partial charge in [0.15, 0.2) is 6.10 Å². The maximum atomic E-state index is 11.5. The third kappa shape index (κ3) is 7.20. The Morgan fingerprint density at radius 1 is 1.30 bits per heavy atom. The molecule has 0 aromatic rings. The van der Waals surface area contributed by atoms with E-state index in [9.17, 15) is 14.7 Å². The first-order valence-electron chi connectivity index (χ1n) is 10.6. The van der Waals surface area contributed by atoms with E-state index in [-0.39, 0.29) is 36.9 Å². The molecule has 0 heterocycles. The average Bonchev–Trinajstić information content (AvgIpc) is 3.18. The summed E-state index contributed by atoms with van der Waals surface area (Å²) in [6.07, 6.45) is 4.72. The van der Waals surface area contributed by atoms with Gasteiger partial charge < -0.3 is 19.7 Å². The number of aliphatic carboxylic acids is 1. The fraction of sp³-hybridized carbons (Fsp3) is 0.667. The van der Waals surface area contributed by atoms with Crippen molar-refractivity contribution in [3.63, 3.8) is 0 Å². The van der Waals surface area contributed by atoms with Crippen molar-refractivity contribution in [2.45, 2.75) is 65.1 Å². The van der Waals surface area contributed by atoms with Crippen LogP contribution in [0.4, 0.5) is 0 Å². The van der Waals surface area contributed by atoms with Gasteiger partial charge in [0.2, 0.25) is 0 Å². The zero-order chi connectivity index (χ0) is 22.1. The molecule has 0 saturated heterocycles. The second-order valence-electron chi connectivity index (χ2n) is 8.14. The Balaban J connectivity index is 2.03. The van der Waals surface area contributed by atoms with Crippen LogP contribution < -0.4 is 0 Å². The predicted molar refractivity (Wildman–Crippen MR) is 112 cm³/mol. The van der Waals surface area contributed by atoms with Crippen molar-refractivity contribution in [3.05, 3.63) is 11.6 Å². The molecule has 0 aromatic carbocycles. The standard InChI is InChI=1S/C24H32O6/c1-4-5-6-7-16(2)23(30-17(3)25)9-8-20-21-13-18(10-11-29-15-24(27)28)12-19(21)14-22(20)26/h10,16,19-23,26H,4,7,11-15H2,1-3H3,(H,27,28)/b18-10+/t16-,19?,20+,21-,22+,23+/m0/s1. The van der Waals surface area contributed by atoms with Crippen molar-refractivity contribution in [2.24, 2.45) is 23.7 Å². The second-order valence-corrected chi connectivity index (χ2v) is 8.14. The zero-order valence-electron chi connectivity index (χ0n) is 18.0. The minimum atomic E-state index is -0.979. The Hall–Kier alpha value is -2.28. The monoisotopic (exact) mass is 416 g/mol. The Bertz CT molecular complexity index is 762. The summed E-state index contributed by atoms with van der Waals surface area (Å²) in [6.45, 7) is 5.31. The van der Waals surface area contributed by atoms with Crippen LogP contribution in [0.25, 0.3) is 0 Å². The van der Waals surface area contributed by atoms with Crippen molar-refractivity contribution in [1.29, 1.82) is 0 Å². The number of carbonyl (C=O) groups is 2. The first-order chi connectivity index (χ1) is 14.3. The van der Waals surface area contributed by atoms with Gasteiger partial charge in [-0.1, -0.05) is 37.3 Å². The number of fused-ring (bicyclic) bond motifs is 1. The van der Waals surface area contributed by atoms with E-state index in [2.05, 4.69) is 23.7 Å². The molecule has 0 amide bonds. The number of aliphatic hydroxyl groups excluding tert-OH is 1. The summed E-state index contributed by atoms with van der Waals surface area (Å²) in [4.78, 5) is 22.0. The van der Waals surface area contributed by atoms with Crippen LogP contribution in [0.5, 0.6) is 0 Å². The van der Waals surface area contributed by atoms with Crippen LogP contribution in [0.15, 0.2) is 11.6 Å². The minimum Gasteiger partial charge on any atom is -0.480 e. The SMILES string of the molecule is CCC#CC[C@H](C)[C@@H](C#C[C@H]1[C@H](O)CC2C/C(=C\COCC(=O)O)C[C@@H]21)OC(C)=O. The van der Waals surface area contributed by atoms with Gasteiger partial charge in [0.25, 0.3) is 0 Å². The Morgan fingerprint density at radius 2 is 2.07 bits per heavy atom. The Kier molecular flexibility index (Phi) is 9.43. The normalized spacial score (nSPS) is 27.9. The maximum Gasteiger partial charge on any atom is 0.329 e. The molecule has 2 aliphatic rings. The molecule has 30 heavy (non-hydrogen) atoms. The summed E-state index contributed by atoms with van der Waals surface area (Å²) in [7, 11) is 0. The first-order valence-corrected chi connectivity index (χ1v) is 10.6. The van der Waals surface area contributed by atoms with E-state index in [0.717, 1.165) is 19.3 Å². The number of carbonyl (C=O) groups excluding carboxylic acids is 1.